The first-order chi connectivity index (χ1) is 12.1. The van der Waals surface area contributed by atoms with E-state index in [1.54, 1.807) is 43.2 Å². The lowest BCUT2D eigenvalue weighted by atomic mass is 10.2. The number of rotatable bonds is 3. The molecule has 0 unspecified atom stereocenters. The fourth-order valence-electron chi connectivity index (χ4n) is 2.21. The number of hydrogen-bond acceptors (Lipinski definition) is 4. The van der Waals surface area contributed by atoms with Gasteiger partial charge in [-0.05, 0) is 31.2 Å². The quantitative estimate of drug-likeness (QED) is 0.749. The van der Waals surface area contributed by atoms with Crippen LogP contribution in [0.1, 0.15) is 11.3 Å². The van der Waals surface area contributed by atoms with Crippen LogP contribution in [0.2, 0.25) is 0 Å². The van der Waals surface area contributed by atoms with Gasteiger partial charge in [0.1, 0.15) is 11.4 Å². The molecule has 0 aliphatic rings. The van der Waals surface area contributed by atoms with Gasteiger partial charge in [0.25, 0.3) is 0 Å². The Hall–Kier alpha value is -3.59. The number of amides is 1. The van der Waals surface area contributed by atoms with E-state index in [2.05, 4.69) is 27.2 Å². The van der Waals surface area contributed by atoms with Crippen LogP contribution in [0.4, 0.5) is 5.69 Å². The minimum atomic E-state index is -0.434. The average Bonchev–Trinajstić information content (AvgIpc) is 2.89. The van der Waals surface area contributed by atoms with Gasteiger partial charge in [-0.3, -0.25) is 9.78 Å². The van der Waals surface area contributed by atoms with Crippen LogP contribution in [-0.4, -0.2) is 20.7 Å². The third-order valence-corrected chi connectivity index (χ3v) is 3.35. The molecular weight excluding hydrogens is 316 g/mol. The van der Waals surface area contributed by atoms with Crippen molar-refractivity contribution < 1.29 is 9.53 Å². The van der Waals surface area contributed by atoms with Crippen LogP contribution >= 0.6 is 0 Å². The van der Waals surface area contributed by atoms with E-state index >= 15 is 0 Å². The van der Waals surface area contributed by atoms with Crippen LogP contribution in [0.5, 0.6) is 11.6 Å². The Morgan fingerprint density at radius 3 is 2.72 bits per heavy atom. The molecule has 0 atom stereocenters. The second-order valence-electron chi connectivity index (χ2n) is 5.25. The SMILES string of the molecule is Cc1nn(C)c(Oc2cccnc2)c1NC(=O)C#Cc1ccccc1. The lowest BCUT2D eigenvalue weighted by Crippen LogP contribution is -2.10. The van der Waals surface area contributed by atoms with Gasteiger partial charge in [0.2, 0.25) is 5.88 Å². The van der Waals surface area contributed by atoms with Crippen molar-refractivity contribution >= 4 is 11.6 Å². The minimum absolute atomic E-state index is 0.417. The van der Waals surface area contributed by atoms with Gasteiger partial charge in [-0.1, -0.05) is 24.1 Å². The molecule has 1 N–H and O–H groups in total. The Morgan fingerprint density at radius 1 is 1.20 bits per heavy atom. The number of hydrogen-bond donors (Lipinski definition) is 1. The van der Waals surface area contributed by atoms with Crippen LogP contribution < -0.4 is 10.1 Å². The Bertz CT molecular complexity index is 938. The maximum atomic E-state index is 12.2. The smallest absolute Gasteiger partial charge is 0.300 e. The maximum Gasteiger partial charge on any atom is 0.300 e. The van der Waals surface area contributed by atoms with E-state index in [0.29, 0.717) is 23.0 Å². The molecule has 0 radical (unpaired) electrons. The van der Waals surface area contributed by atoms with Crippen molar-refractivity contribution in [3.8, 4) is 23.5 Å². The molecule has 0 saturated carbocycles. The zero-order chi connectivity index (χ0) is 17.6. The lowest BCUT2D eigenvalue weighted by molar-refractivity contribution is -0.111. The molecule has 3 rings (SSSR count). The molecule has 0 fully saturated rings. The molecule has 25 heavy (non-hydrogen) atoms. The molecule has 6 heteroatoms. The van der Waals surface area contributed by atoms with Crippen molar-refractivity contribution in [2.45, 2.75) is 6.92 Å². The Kier molecular flexibility index (Phi) is 4.77. The first-order valence-electron chi connectivity index (χ1n) is 7.63. The monoisotopic (exact) mass is 332 g/mol. The number of aromatic nitrogens is 3. The van der Waals surface area contributed by atoms with E-state index in [-0.39, 0.29) is 0 Å². The number of anilines is 1. The van der Waals surface area contributed by atoms with Crippen molar-refractivity contribution in [3.05, 3.63) is 66.1 Å². The van der Waals surface area contributed by atoms with Gasteiger partial charge < -0.3 is 10.1 Å². The minimum Gasteiger partial charge on any atom is -0.436 e. The average molecular weight is 332 g/mol. The maximum absolute atomic E-state index is 12.2. The first kappa shape index (κ1) is 16.3. The largest absolute Gasteiger partial charge is 0.436 e. The van der Waals surface area contributed by atoms with Crippen molar-refractivity contribution in [1.29, 1.82) is 0 Å². The fourth-order valence-corrected chi connectivity index (χ4v) is 2.21. The van der Waals surface area contributed by atoms with E-state index in [9.17, 15) is 4.79 Å². The van der Waals surface area contributed by atoms with E-state index in [4.69, 9.17) is 4.74 Å². The summed E-state index contributed by atoms with van der Waals surface area (Å²) in [5, 5.41) is 7.04. The van der Waals surface area contributed by atoms with Crippen LogP contribution in [0.15, 0.2) is 54.9 Å². The highest BCUT2D eigenvalue weighted by atomic mass is 16.5. The van der Waals surface area contributed by atoms with Crippen molar-refractivity contribution in [1.82, 2.24) is 14.8 Å². The van der Waals surface area contributed by atoms with E-state index in [0.717, 1.165) is 5.56 Å². The molecule has 1 amide bonds. The summed E-state index contributed by atoms with van der Waals surface area (Å²) in [6.07, 6.45) is 3.24. The summed E-state index contributed by atoms with van der Waals surface area (Å²) >= 11 is 0. The zero-order valence-electron chi connectivity index (χ0n) is 13.9. The van der Waals surface area contributed by atoms with Crippen LogP contribution in [0.25, 0.3) is 0 Å². The standard InChI is InChI=1S/C19H16N4O2/c1-14-18(21-17(24)11-10-15-7-4-3-5-8-15)19(23(2)22-14)25-16-9-6-12-20-13-16/h3-9,12-13H,1-2H3,(H,21,24). The lowest BCUT2D eigenvalue weighted by Gasteiger charge is -2.08. The van der Waals surface area contributed by atoms with Gasteiger partial charge in [-0.2, -0.15) is 5.10 Å². The Balaban J connectivity index is 1.80. The van der Waals surface area contributed by atoms with Crippen LogP contribution in [0, 0.1) is 18.8 Å². The molecule has 0 bridgehead atoms. The normalized spacial score (nSPS) is 9.84. The van der Waals surface area contributed by atoms with Crippen molar-refractivity contribution in [3.63, 3.8) is 0 Å². The summed E-state index contributed by atoms with van der Waals surface area (Å²) in [6.45, 7) is 1.79. The molecule has 3 aromatic rings. The van der Waals surface area contributed by atoms with E-state index < -0.39 is 5.91 Å². The summed E-state index contributed by atoms with van der Waals surface area (Å²) < 4.78 is 7.36. The van der Waals surface area contributed by atoms with Crippen molar-refractivity contribution in [2.24, 2.45) is 7.05 Å². The van der Waals surface area contributed by atoms with Gasteiger partial charge in [0.05, 0.1) is 11.9 Å². The number of carbonyl (C=O) groups excluding carboxylic acids is 1. The predicted octanol–water partition coefficient (Wildman–Crippen LogP) is 2.91. The topological polar surface area (TPSA) is 69.0 Å². The van der Waals surface area contributed by atoms with Crippen molar-refractivity contribution in [2.75, 3.05) is 5.32 Å². The predicted molar refractivity (Wildman–Crippen MR) is 94.2 cm³/mol. The van der Waals surface area contributed by atoms with Gasteiger partial charge in [0.15, 0.2) is 0 Å². The third kappa shape index (κ3) is 4.03. The molecule has 1 aromatic carbocycles. The summed E-state index contributed by atoms with van der Waals surface area (Å²) in [7, 11) is 1.74. The number of nitrogens with one attached hydrogen (secondary N) is 1. The number of aryl methyl sites for hydroxylation is 2. The summed E-state index contributed by atoms with van der Waals surface area (Å²) in [5.74, 6) is 5.92. The first-order valence-corrected chi connectivity index (χ1v) is 7.63. The summed E-state index contributed by atoms with van der Waals surface area (Å²) in [6, 6.07) is 12.9. The van der Waals surface area contributed by atoms with E-state index in [1.807, 2.05) is 30.3 Å². The molecule has 124 valence electrons. The van der Waals surface area contributed by atoms with E-state index in [1.165, 1.54) is 0 Å². The molecule has 0 aliphatic carbocycles. The number of nitrogens with zero attached hydrogens (tertiary/aromatic N) is 3. The van der Waals surface area contributed by atoms with Gasteiger partial charge >= 0.3 is 5.91 Å². The molecule has 0 aliphatic heterocycles. The summed E-state index contributed by atoms with van der Waals surface area (Å²) in [5.41, 5.74) is 1.89. The zero-order valence-corrected chi connectivity index (χ0v) is 13.9. The highest BCUT2D eigenvalue weighted by molar-refractivity contribution is 6.05. The van der Waals surface area contributed by atoms with Crippen LogP contribution in [-0.2, 0) is 11.8 Å². The second kappa shape index (κ2) is 7.32. The highest BCUT2D eigenvalue weighted by Gasteiger charge is 2.17. The van der Waals surface area contributed by atoms with Gasteiger partial charge in [-0.25, -0.2) is 4.68 Å². The molecule has 0 spiro atoms. The van der Waals surface area contributed by atoms with Gasteiger partial charge in [0, 0.05) is 24.7 Å². The second-order valence-corrected chi connectivity index (χ2v) is 5.25. The molecule has 2 heterocycles. The number of carbonyl (C=O) groups is 1. The molecule has 6 nitrogen and oxygen atoms in total. The number of benzene rings is 1. The summed E-state index contributed by atoms with van der Waals surface area (Å²) in [4.78, 5) is 16.2. The third-order valence-electron chi connectivity index (χ3n) is 3.35. The van der Waals surface area contributed by atoms with Crippen LogP contribution in [0.3, 0.4) is 0 Å². The number of pyridine rings is 1. The number of ether oxygens (including phenoxy) is 1. The molecule has 0 saturated heterocycles. The fraction of sp³-hybridized carbons (Fsp3) is 0.105. The van der Waals surface area contributed by atoms with Gasteiger partial charge in [-0.15, -0.1) is 0 Å². The Morgan fingerprint density at radius 2 is 2.00 bits per heavy atom. The molecule has 2 aromatic heterocycles. The Labute approximate surface area is 145 Å². The molecular formula is C19H16N4O2. The highest BCUT2D eigenvalue weighted by Crippen LogP contribution is 2.31.